The number of nitrogens with zero attached hydrogens (tertiary/aromatic N) is 3. The lowest BCUT2D eigenvalue weighted by atomic mass is 10.2. The average Bonchev–Trinajstić information content (AvgIpc) is 3.05. The van der Waals surface area contributed by atoms with Gasteiger partial charge in [-0.1, -0.05) is 11.6 Å². The highest BCUT2D eigenvalue weighted by atomic mass is 35.5. The summed E-state index contributed by atoms with van der Waals surface area (Å²) >= 11 is 5.88. The van der Waals surface area contributed by atoms with Gasteiger partial charge in [-0.2, -0.15) is 0 Å². The van der Waals surface area contributed by atoms with E-state index in [1.807, 2.05) is 0 Å². The van der Waals surface area contributed by atoms with Gasteiger partial charge in [0.1, 0.15) is 4.90 Å². The average molecular weight is 419 g/mol. The highest BCUT2D eigenvalue weighted by Crippen LogP contribution is 2.26. The Kier molecular flexibility index (Phi) is 7.15. The van der Waals surface area contributed by atoms with E-state index in [1.54, 1.807) is 19.0 Å². The number of carbonyl (C=O) groups is 1. The van der Waals surface area contributed by atoms with Crippen LogP contribution in [0, 0.1) is 10.1 Å². The maximum atomic E-state index is 12.4. The number of carbonyl (C=O) groups excluding carboxylic acids is 1. The van der Waals surface area contributed by atoms with Crippen LogP contribution in [0.25, 0.3) is 0 Å². The lowest BCUT2D eigenvalue weighted by Gasteiger charge is -2.26. The summed E-state index contributed by atoms with van der Waals surface area (Å²) in [6, 6.07) is 3.08. The van der Waals surface area contributed by atoms with Crippen molar-refractivity contribution in [1.82, 2.24) is 14.5 Å². The molecule has 1 amide bonds. The van der Waals surface area contributed by atoms with Crippen molar-refractivity contribution in [3.63, 3.8) is 0 Å². The Hall–Kier alpha value is -1.75. The smallest absolute Gasteiger partial charge is 0.271 e. The van der Waals surface area contributed by atoms with E-state index in [1.165, 1.54) is 0 Å². The summed E-state index contributed by atoms with van der Waals surface area (Å²) in [6.45, 7) is 1.58. The van der Waals surface area contributed by atoms with Gasteiger partial charge in [0, 0.05) is 39.3 Å². The molecule has 1 heterocycles. The van der Waals surface area contributed by atoms with Gasteiger partial charge in [0.05, 0.1) is 16.0 Å². The molecule has 1 aromatic carbocycles. The van der Waals surface area contributed by atoms with Crippen LogP contribution < -0.4 is 4.72 Å². The third-order valence-corrected chi connectivity index (χ3v) is 6.36. The molecule has 0 aromatic heterocycles. The second-order valence-electron chi connectivity index (χ2n) is 6.55. The Balaban J connectivity index is 1.91. The minimum Gasteiger partial charge on any atom is -0.347 e. The van der Waals surface area contributed by atoms with E-state index in [0.29, 0.717) is 13.0 Å². The minimum absolute atomic E-state index is 0.0609. The van der Waals surface area contributed by atoms with E-state index in [9.17, 15) is 23.3 Å². The number of amides is 1. The summed E-state index contributed by atoms with van der Waals surface area (Å²) < 4.78 is 27.2. The normalized spacial score (nSPS) is 17.8. The number of halogens is 1. The van der Waals surface area contributed by atoms with Gasteiger partial charge in [0.15, 0.2) is 0 Å². The molecule has 150 valence electrons. The van der Waals surface area contributed by atoms with Gasteiger partial charge >= 0.3 is 0 Å². The molecule has 1 N–H and O–H groups in total. The summed E-state index contributed by atoms with van der Waals surface area (Å²) in [5, 5.41) is 10.5. The second-order valence-corrected chi connectivity index (χ2v) is 8.69. The van der Waals surface area contributed by atoms with E-state index in [2.05, 4.69) is 9.62 Å². The van der Waals surface area contributed by atoms with Crippen molar-refractivity contribution < 1.29 is 18.1 Å². The lowest BCUT2D eigenvalue weighted by Crippen LogP contribution is -2.43. The number of nitrogens with one attached hydrogen (secondary N) is 1. The van der Waals surface area contributed by atoms with Gasteiger partial charge in [-0.05, 0) is 31.9 Å². The molecule has 2 rings (SSSR count). The van der Waals surface area contributed by atoms with Crippen molar-refractivity contribution >= 4 is 33.2 Å². The molecule has 1 aliphatic heterocycles. The maximum Gasteiger partial charge on any atom is 0.271 e. The van der Waals surface area contributed by atoms with Crippen LogP contribution in [0.2, 0.25) is 5.02 Å². The molecule has 1 atom stereocenters. The molecule has 9 nitrogen and oxygen atoms in total. The number of likely N-dealkylation sites (N-methyl/N-ethyl adjacent to an activating group) is 1. The first-order chi connectivity index (χ1) is 12.6. The second kappa shape index (κ2) is 8.96. The van der Waals surface area contributed by atoms with Crippen LogP contribution in [0.15, 0.2) is 23.1 Å². The number of hydrogen-bond acceptors (Lipinski definition) is 6. The van der Waals surface area contributed by atoms with E-state index in [-0.39, 0.29) is 34.1 Å². The Morgan fingerprint density at radius 3 is 2.74 bits per heavy atom. The van der Waals surface area contributed by atoms with Crippen molar-refractivity contribution in [2.75, 3.05) is 33.7 Å². The first-order valence-corrected chi connectivity index (χ1v) is 10.4. The molecular formula is C16H23ClN4O5S. The predicted octanol–water partition coefficient (Wildman–Crippen LogP) is 1.47. The fourth-order valence-corrected chi connectivity index (χ4v) is 4.67. The highest BCUT2D eigenvalue weighted by Gasteiger charge is 2.31. The van der Waals surface area contributed by atoms with Crippen molar-refractivity contribution in [3.05, 3.63) is 33.3 Å². The number of nitro groups is 1. The topological polar surface area (TPSA) is 113 Å². The number of sulfonamides is 1. The van der Waals surface area contributed by atoms with Crippen LogP contribution in [0.3, 0.4) is 0 Å². The number of likely N-dealkylation sites (tertiary alicyclic amines) is 1. The van der Waals surface area contributed by atoms with Gasteiger partial charge in [0.2, 0.25) is 15.9 Å². The molecule has 1 fully saturated rings. The lowest BCUT2D eigenvalue weighted by molar-refractivity contribution is -0.384. The number of rotatable bonds is 8. The molecule has 1 aliphatic rings. The van der Waals surface area contributed by atoms with Crippen LogP contribution in [0.5, 0.6) is 0 Å². The minimum atomic E-state index is -3.87. The van der Waals surface area contributed by atoms with Crippen LogP contribution >= 0.6 is 11.6 Å². The molecule has 1 aromatic rings. The number of benzene rings is 1. The highest BCUT2D eigenvalue weighted by molar-refractivity contribution is 7.89. The molecule has 1 saturated heterocycles. The monoisotopic (exact) mass is 418 g/mol. The van der Waals surface area contributed by atoms with Crippen LogP contribution in [0.1, 0.15) is 19.3 Å². The van der Waals surface area contributed by atoms with E-state index >= 15 is 0 Å². The van der Waals surface area contributed by atoms with Crippen molar-refractivity contribution in [2.45, 2.75) is 30.2 Å². The van der Waals surface area contributed by atoms with E-state index in [4.69, 9.17) is 11.6 Å². The molecule has 11 heteroatoms. The van der Waals surface area contributed by atoms with Crippen LogP contribution in [0.4, 0.5) is 5.69 Å². The third-order valence-electron chi connectivity index (χ3n) is 4.42. The SMILES string of the molecule is CN(C)C(=O)[C@@H]1CCCN1CCCNS(=O)(=O)c1ccc([N+](=O)[O-])cc1Cl. The van der Waals surface area contributed by atoms with E-state index in [0.717, 1.165) is 37.6 Å². The maximum absolute atomic E-state index is 12.4. The molecule has 0 saturated carbocycles. The molecule has 0 radical (unpaired) electrons. The third kappa shape index (κ3) is 5.38. The van der Waals surface area contributed by atoms with Gasteiger partial charge < -0.3 is 4.90 Å². The first-order valence-electron chi connectivity index (χ1n) is 8.52. The zero-order valence-corrected chi connectivity index (χ0v) is 16.8. The summed E-state index contributed by atoms with van der Waals surface area (Å²) in [4.78, 5) is 25.7. The molecular weight excluding hydrogens is 396 g/mol. The van der Waals surface area contributed by atoms with Gasteiger partial charge in [-0.3, -0.25) is 19.8 Å². The molecule has 0 aliphatic carbocycles. The Morgan fingerprint density at radius 2 is 2.15 bits per heavy atom. The summed E-state index contributed by atoms with van der Waals surface area (Å²) in [7, 11) is -0.424. The van der Waals surface area contributed by atoms with Crippen LogP contribution in [-0.4, -0.2) is 68.8 Å². The van der Waals surface area contributed by atoms with Crippen molar-refractivity contribution in [2.24, 2.45) is 0 Å². The molecule has 27 heavy (non-hydrogen) atoms. The molecule has 0 spiro atoms. The number of non-ortho nitro benzene ring substituents is 1. The summed E-state index contributed by atoms with van der Waals surface area (Å²) in [6.07, 6.45) is 2.27. The Bertz CT molecular complexity index is 815. The largest absolute Gasteiger partial charge is 0.347 e. The molecule has 0 bridgehead atoms. The zero-order valence-electron chi connectivity index (χ0n) is 15.2. The standard InChI is InChI=1S/C16H23ClN4O5S/c1-19(2)16(22)14-5-3-9-20(14)10-4-8-18-27(25,26)15-7-6-12(21(23)24)11-13(15)17/h6-7,11,14,18H,3-5,8-10H2,1-2H3/t14-/m0/s1. The zero-order chi connectivity index (χ0) is 20.2. The molecule has 0 unspecified atom stereocenters. The fraction of sp³-hybridized carbons (Fsp3) is 0.562. The summed E-state index contributed by atoms with van der Waals surface area (Å²) in [5.74, 6) is 0.0609. The quantitative estimate of drug-likeness (QED) is 0.388. The number of hydrogen-bond donors (Lipinski definition) is 1. The Morgan fingerprint density at radius 1 is 1.44 bits per heavy atom. The summed E-state index contributed by atoms with van der Waals surface area (Å²) in [5.41, 5.74) is -0.274. The predicted molar refractivity (Wildman–Crippen MR) is 101 cm³/mol. The van der Waals surface area contributed by atoms with Gasteiger partial charge in [-0.25, -0.2) is 13.1 Å². The van der Waals surface area contributed by atoms with Gasteiger partial charge in [-0.15, -0.1) is 0 Å². The van der Waals surface area contributed by atoms with Crippen molar-refractivity contribution in [1.29, 1.82) is 0 Å². The van der Waals surface area contributed by atoms with Crippen molar-refractivity contribution in [3.8, 4) is 0 Å². The van der Waals surface area contributed by atoms with E-state index < -0.39 is 14.9 Å². The number of nitro benzene ring substituents is 1. The fourth-order valence-electron chi connectivity index (χ4n) is 3.06. The van der Waals surface area contributed by atoms with Crippen LogP contribution in [-0.2, 0) is 14.8 Å². The Labute approximate surface area is 163 Å². The van der Waals surface area contributed by atoms with Gasteiger partial charge in [0.25, 0.3) is 5.69 Å². The first kappa shape index (κ1) is 21.5.